The average Bonchev–Trinajstić information content (AvgIpc) is 2.42. The fourth-order valence-corrected chi connectivity index (χ4v) is 1.73. The van der Waals surface area contributed by atoms with Crippen LogP contribution in [0.3, 0.4) is 0 Å². The molecule has 6 heteroatoms. The van der Waals surface area contributed by atoms with E-state index in [-0.39, 0.29) is 12.1 Å². The number of carbonyl (C=O) groups is 1. The Labute approximate surface area is 124 Å². The minimum atomic E-state index is -0.293. The molecule has 0 aliphatic rings. The first kappa shape index (κ1) is 14.8. The van der Waals surface area contributed by atoms with Crippen LogP contribution in [0.1, 0.15) is 19.4 Å². The maximum absolute atomic E-state index is 11.5. The van der Waals surface area contributed by atoms with Crippen molar-refractivity contribution in [3.8, 4) is 0 Å². The molecule has 0 spiro atoms. The van der Waals surface area contributed by atoms with Crippen molar-refractivity contribution < 1.29 is 4.79 Å². The second-order valence-corrected chi connectivity index (χ2v) is 5.00. The van der Waals surface area contributed by atoms with E-state index in [1.54, 1.807) is 12.1 Å². The molecule has 2 rings (SSSR count). The Morgan fingerprint density at radius 2 is 1.71 bits per heavy atom. The lowest BCUT2D eigenvalue weighted by Gasteiger charge is -2.10. The lowest BCUT2D eigenvalue weighted by Crippen LogP contribution is -2.34. The van der Waals surface area contributed by atoms with Gasteiger partial charge >= 0.3 is 6.03 Å². The summed E-state index contributed by atoms with van der Waals surface area (Å²) in [7, 11) is 0. The Kier molecular flexibility index (Phi) is 4.71. The Hall–Kier alpha value is -2.63. The van der Waals surface area contributed by atoms with Gasteiger partial charge in [-0.25, -0.2) is 4.79 Å². The fourth-order valence-electron chi connectivity index (χ4n) is 1.73. The molecule has 0 aliphatic heterocycles. The summed E-state index contributed by atoms with van der Waals surface area (Å²) in [6.45, 7) is 5.79. The van der Waals surface area contributed by atoms with Gasteiger partial charge in [0, 0.05) is 11.7 Å². The number of nitrogens with zero attached hydrogens (tertiary/aromatic N) is 2. The summed E-state index contributed by atoms with van der Waals surface area (Å²) in [6.07, 6.45) is 0. The van der Waals surface area contributed by atoms with Crippen LogP contribution >= 0.6 is 0 Å². The summed E-state index contributed by atoms with van der Waals surface area (Å²) >= 11 is 0. The van der Waals surface area contributed by atoms with Crippen LogP contribution < -0.4 is 16.0 Å². The zero-order valence-electron chi connectivity index (χ0n) is 12.3. The molecular formula is C15H19N5O. The smallest absolute Gasteiger partial charge is 0.320 e. The predicted octanol–water partition coefficient (Wildman–Crippen LogP) is 3.06. The minimum Gasteiger partial charge on any atom is -0.339 e. The average molecular weight is 285 g/mol. The number of amides is 2. The maximum Gasteiger partial charge on any atom is 0.320 e. The van der Waals surface area contributed by atoms with E-state index in [1.807, 2.05) is 45.0 Å². The van der Waals surface area contributed by atoms with Crippen molar-refractivity contribution in [2.24, 2.45) is 0 Å². The summed E-state index contributed by atoms with van der Waals surface area (Å²) in [5.41, 5.74) is 2.10. The summed E-state index contributed by atoms with van der Waals surface area (Å²) in [6, 6.07) is 11.2. The van der Waals surface area contributed by atoms with Gasteiger partial charge in [-0.3, -0.25) is 5.32 Å². The number of carbonyl (C=O) groups excluding carboxylic acids is 1. The van der Waals surface area contributed by atoms with Crippen molar-refractivity contribution in [3.05, 3.63) is 42.0 Å². The van der Waals surface area contributed by atoms with Crippen LogP contribution in [0.5, 0.6) is 0 Å². The van der Waals surface area contributed by atoms with E-state index in [9.17, 15) is 4.79 Å². The molecule has 0 aliphatic carbocycles. The highest BCUT2D eigenvalue weighted by Crippen LogP contribution is 2.18. The first-order valence-electron chi connectivity index (χ1n) is 6.78. The molecule has 3 N–H and O–H groups in total. The van der Waals surface area contributed by atoms with Crippen LogP contribution in [0.4, 0.5) is 22.1 Å². The van der Waals surface area contributed by atoms with E-state index >= 15 is 0 Å². The summed E-state index contributed by atoms with van der Waals surface area (Å²) in [5, 5.41) is 16.5. The third kappa shape index (κ3) is 4.45. The molecule has 0 fully saturated rings. The molecule has 1 aromatic heterocycles. The number of aromatic nitrogens is 2. The van der Waals surface area contributed by atoms with Crippen LogP contribution in [0, 0.1) is 6.92 Å². The monoisotopic (exact) mass is 285 g/mol. The third-order valence-corrected chi connectivity index (χ3v) is 2.73. The SMILES string of the molecule is Cc1ccccc1Nc1ccc(NC(=O)NC(C)C)nn1. The van der Waals surface area contributed by atoms with Gasteiger partial charge in [0.05, 0.1) is 0 Å². The van der Waals surface area contributed by atoms with Crippen molar-refractivity contribution in [2.75, 3.05) is 10.6 Å². The first-order chi connectivity index (χ1) is 10.0. The molecule has 2 amide bonds. The highest BCUT2D eigenvalue weighted by Gasteiger charge is 2.05. The van der Waals surface area contributed by atoms with Crippen molar-refractivity contribution >= 4 is 23.4 Å². The van der Waals surface area contributed by atoms with Crippen LogP contribution in [0.15, 0.2) is 36.4 Å². The normalized spacial score (nSPS) is 10.3. The van der Waals surface area contributed by atoms with Crippen LogP contribution in [-0.4, -0.2) is 22.3 Å². The Balaban J connectivity index is 1.99. The van der Waals surface area contributed by atoms with E-state index < -0.39 is 0 Å². The van der Waals surface area contributed by atoms with Gasteiger partial charge in [0.15, 0.2) is 11.6 Å². The van der Waals surface area contributed by atoms with Crippen molar-refractivity contribution in [1.82, 2.24) is 15.5 Å². The molecule has 0 atom stereocenters. The lowest BCUT2D eigenvalue weighted by molar-refractivity contribution is 0.250. The van der Waals surface area contributed by atoms with Gasteiger partial charge in [0.25, 0.3) is 0 Å². The second-order valence-electron chi connectivity index (χ2n) is 5.00. The van der Waals surface area contributed by atoms with Crippen molar-refractivity contribution in [3.63, 3.8) is 0 Å². The second kappa shape index (κ2) is 6.69. The molecule has 2 aromatic rings. The Morgan fingerprint density at radius 3 is 2.33 bits per heavy atom. The zero-order chi connectivity index (χ0) is 15.2. The van der Waals surface area contributed by atoms with Gasteiger partial charge in [-0.05, 0) is 44.5 Å². The van der Waals surface area contributed by atoms with E-state index in [4.69, 9.17) is 0 Å². The quantitative estimate of drug-likeness (QED) is 0.806. The van der Waals surface area contributed by atoms with Gasteiger partial charge in [0.1, 0.15) is 0 Å². The van der Waals surface area contributed by atoms with E-state index in [2.05, 4.69) is 26.1 Å². The number of benzene rings is 1. The zero-order valence-corrected chi connectivity index (χ0v) is 12.3. The van der Waals surface area contributed by atoms with Gasteiger partial charge in [-0.15, -0.1) is 10.2 Å². The molecule has 21 heavy (non-hydrogen) atoms. The molecule has 6 nitrogen and oxygen atoms in total. The number of hydrogen-bond acceptors (Lipinski definition) is 4. The maximum atomic E-state index is 11.5. The molecule has 0 unspecified atom stereocenters. The summed E-state index contributed by atoms with van der Waals surface area (Å²) < 4.78 is 0. The number of aryl methyl sites for hydroxylation is 1. The topological polar surface area (TPSA) is 78.9 Å². The highest BCUT2D eigenvalue weighted by atomic mass is 16.2. The summed E-state index contributed by atoms with van der Waals surface area (Å²) in [4.78, 5) is 11.5. The van der Waals surface area contributed by atoms with E-state index in [0.29, 0.717) is 11.6 Å². The first-order valence-corrected chi connectivity index (χ1v) is 6.78. The van der Waals surface area contributed by atoms with Crippen LogP contribution in [0.2, 0.25) is 0 Å². The number of nitrogens with one attached hydrogen (secondary N) is 3. The van der Waals surface area contributed by atoms with Gasteiger partial charge in [-0.1, -0.05) is 18.2 Å². The molecule has 0 saturated carbocycles. The molecular weight excluding hydrogens is 266 g/mol. The number of hydrogen-bond donors (Lipinski definition) is 3. The fraction of sp³-hybridized carbons (Fsp3) is 0.267. The standard InChI is InChI=1S/C15H19N5O/c1-10(2)16-15(21)18-14-9-8-13(19-20-14)17-12-7-5-4-6-11(12)3/h4-10H,1-3H3,(H,17,19)(H2,16,18,20,21). The van der Waals surface area contributed by atoms with E-state index in [0.717, 1.165) is 11.3 Å². The molecule has 1 heterocycles. The molecule has 110 valence electrons. The number of anilines is 3. The number of urea groups is 1. The van der Waals surface area contributed by atoms with E-state index in [1.165, 1.54) is 0 Å². The Bertz CT molecular complexity index is 610. The third-order valence-electron chi connectivity index (χ3n) is 2.73. The van der Waals surface area contributed by atoms with Crippen molar-refractivity contribution in [2.45, 2.75) is 26.8 Å². The lowest BCUT2D eigenvalue weighted by atomic mass is 10.2. The van der Waals surface area contributed by atoms with Crippen LogP contribution in [0.25, 0.3) is 0 Å². The Morgan fingerprint density at radius 1 is 1.05 bits per heavy atom. The number of rotatable bonds is 4. The minimum absolute atomic E-state index is 0.0694. The van der Waals surface area contributed by atoms with Crippen molar-refractivity contribution in [1.29, 1.82) is 0 Å². The molecule has 0 radical (unpaired) electrons. The predicted molar refractivity (Wildman–Crippen MR) is 83.8 cm³/mol. The van der Waals surface area contributed by atoms with Gasteiger partial charge < -0.3 is 10.6 Å². The number of para-hydroxylation sites is 1. The molecule has 0 saturated heterocycles. The molecule has 1 aromatic carbocycles. The van der Waals surface area contributed by atoms with Gasteiger partial charge in [-0.2, -0.15) is 0 Å². The summed E-state index contributed by atoms with van der Waals surface area (Å²) in [5.74, 6) is 1.03. The largest absolute Gasteiger partial charge is 0.339 e. The molecule has 0 bridgehead atoms. The highest BCUT2D eigenvalue weighted by molar-refractivity contribution is 5.88. The van der Waals surface area contributed by atoms with Gasteiger partial charge in [0.2, 0.25) is 0 Å². The van der Waals surface area contributed by atoms with Crippen LogP contribution in [-0.2, 0) is 0 Å².